The number of halogens is 2. The zero-order chi connectivity index (χ0) is 17.8. The molecule has 0 aliphatic heterocycles. The third-order valence-electron chi connectivity index (χ3n) is 3.51. The maximum atomic E-state index is 11.0. The highest BCUT2D eigenvalue weighted by Gasteiger charge is 2.44. The maximum Gasteiger partial charge on any atom is 0.336 e. The lowest BCUT2D eigenvalue weighted by molar-refractivity contribution is -0.152. The van der Waals surface area contributed by atoms with E-state index in [9.17, 15) is 9.59 Å². The zero-order valence-corrected chi connectivity index (χ0v) is 14.7. The highest BCUT2D eigenvalue weighted by Crippen LogP contribution is 2.32. The van der Waals surface area contributed by atoms with Crippen LogP contribution in [0.3, 0.4) is 0 Å². The molecule has 0 aromatic heterocycles. The third kappa shape index (κ3) is 4.75. The van der Waals surface area contributed by atoms with Crippen LogP contribution in [-0.2, 0) is 9.59 Å². The number of alkyl halides is 1. The molecule has 0 bridgehead atoms. The Hall–Kier alpha value is -1.46. The second-order valence-corrected chi connectivity index (χ2v) is 6.71. The number of carbonyl (C=O) groups is 2. The van der Waals surface area contributed by atoms with E-state index in [1.54, 1.807) is 0 Å². The predicted octanol–water partition coefficient (Wildman–Crippen LogP) is 4.08. The molecule has 0 amide bonds. The monoisotopic (exact) mass is 362 g/mol. The molecule has 0 unspecified atom stereocenters. The molecule has 1 aromatic carbocycles. The highest BCUT2D eigenvalue weighted by atomic mass is 35.5. The molecular weight excluding hydrogens is 343 g/mol. The summed E-state index contributed by atoms with van der Waals surface area (Å²) in [4.78, 5) is 19.6. The summed E-state index contributed by atoms with van der Waals surface area (Å²) in [6.07, 6.45) is -0.0376. The molecule has 1 rings (SSSR count). The van der Waals surface area contributed by atoms with Crippen molar-refractivity contribution in [3.63, 3.8) is 0 Å². The summed E-state index contributed by atoms with van der Waals surface area (Å²) in [7, 11) is 0. The van der Waals surface area contributed by atoms with Crippen LogP contribution in [0, 0.1) is 6.92 Å². The molecule has 2 N–H and O–H groups in total. The van der Waals surface area contributed by atoms with E-state index in [1.165, 1.54) is 0 Å². The lowest BCUT2D eigenvalue weighted by Crippen LogP contribution is -2.41. The number of carboxylic acid groups (broad SMARTS) is 2. The van der Waals surface area contributed by atoms with Gasteiger partial charge in [-0.15, -0.1) is 0 Å². The van der Waals surface area contributed by atoms with Gasteiger partial charge in [-0.3, -0.25) is 0 Å². The summed E-state index contributed by atoms with van der Waals surface area (Å²) in [6, 6.07) is 3.66. The number of hydrogen-bond donors (Lipinski definition) is 2. The van der Waals surface area contributed by atoms with E-state index in [0.717, 1.165) is 11.1 Å². The average Bonchev–Trinajstić information content (AvgIpc) is 2.45. The van der Waals surface area contributed by atoms with E-state index in [4.69, 9.17) is 38.2 Å². The molecule has 0 heterocycles. The van der Waals surface area contributed by atoms with Crippen LogP contribution < -0.4 is 4.74 Å². The fourth-order valence-corrected chi connectivity index (χ4v) is 2.36. The molecule has 0 aliphatic rings. The summed E-state index contributed by atoms with van der Waals surface area (Å²) < 4.78 is 5.69. The summed E-state index contributed by atoms with van der Waals surface area (Å²) in [6.45, 7) is 6.03. The van der Waals surface area contributed by atoms with Crippen molar-refractivity contribution in [2.45, 2.75) is 44.4 Å². The Morgan fingerprint density at radius 2 is 1.83 bits per heavy atom. The molecule has 0 spiro atoms. The first-order valence-corrected chi connectivity index (χ1v) is 7.93. The van der Waals surface area contributed by atoms with Crippen molar-refractivity contribution < 1.29 is 24.5 Å². The number of rotatable bonds is 8. The van der Waals surface area contributed by atoms with Gasteiger partial charge in [0.15, 0.2) is 0 Å². The number of carboxylic acids is 2. The Labute approximate surface area is 145 Å². The van der Waals surface area contributed by atoms with Crippen LogP contribution in [0.2, 0.25) is 5.02 Å². The summed E-state index contributed by atoms with van der Waals surface area (Å²) in [5, 5.41) is 18.5. The molecule has 128 valence electrons. The SMILES string of the molecule is Cc1cc(OCCCC(Cl)(C(=O)O)C(=O)O)c(C(C)C)cc1Cl. The summed E-state index contributed by atoms with van der Waals surface area (Å²) in [5.41, 5.74) is 1.81. The number of aliphatic carboxylic acids is 2. The minimum atomic E-state index is -2.32. The Morgan fingerprint density at radius 3 is 2.30 bits per heavy atom. The van der Waals surface area contributed by atoms with E-state index in [1.807, 2.05) is 32.9 Å². The fourth-order valence-electron chi connectivity index (χ4n) is 2.05. The van der Waals surface area contributed by atoms with Gasteiger partial charge in [0.05, 0.1) is 6.61 Å². The first-order chi connectivity index (χ1) is 10.6. The van der Waals surface area contributed by atoms with Crippen molar-refractivity contribution in [3.05, 3.63) is 28.3 Å². The maximum absolute atomic E-state index is 11.0. The number of hydrogen-bond acceptors (Lipinski definition) is 3. The van der Waals surface area contributed by atoms with Crippen LogP contribution in [0.4, 0.5) is 0 Å². The van der Waals surface area contributed by atoms with Crippen molar-refractivity contribution in [1.82, 2.24) is 0 Å². The molecule has 0 saturated heterocycles. The molecular formula is C16H20Cl2O5. The van der Waals surface area contributed by atoms with Gasteiger partial charge in [0.1, 0.15) is 5.75 Å². The van der Waals surface area contributed by atoms with Gasteiger partial charge in [-0.05, 0) is 48.9 Å². The quantitative estimate of drug-likeness (QED) is 0.413. The van der Waals surface area contributed by atoms with Crippen LogP contribution >= 0.6 is 23.2 Å². The normalized spacial score (nSPS) is 11.6. The molecule has 23 heavy (non-hydrogen) atoms. The molecule has 0 fully saturated rings. The van der Waals surface area contributed by atoms with Crippen molar-refractivity contribution in [1.29, 1.82) is 0 Å². The second-order valence-electron chi connectivity index (χ2n) is 5.66. The number of ether oxygens (including phenoxy) is 1. The van der Waals surface area contributed by atoms with Gasteiger partial charge in [0.25, 0.3) is 0 Å². The van der Waals surface area contributed by atoms with E-state index in [-0.39, 0.29) is 25.4 Å². The van der Waals surface area contributed by atoms with Gasteiger partial charge in [-0.1, -0.05) is 37.0 Å². The Kier molecular flexibility index (Phi) is 6.71. The molecule has 0 radical (unpaired) electrons. The van der Waals surface area contributed by atoms with Crippen molar-refractivity contribution in [2.24, 2.45) is 0 Å². The largest absolute Gasteiger partial charge is 0.493 e. The van der Waals surface area contributed by atoms with Gasteiger partial charge >= 0.3 is 11.9 Å². The molecule has 1 aromatic rings. The first-order valence-electron chi connectivity index (χ1n) is 7.18. The van der Waals surface area contributed by atoms with Crippen molar-refractivity contribution in [2.75, 3.05) is 6.61 Å². The lowest BCUT2D eigenvalue weighted by Gasteiger charge is -2.19. The fraction of sp³-hybridized carbons (Fsp3) is 0.500. The number of benzene rings is 1. The van der Waals surface area contributed by atoms with Crippen LogP contribution in [0.15, 0.2) is 12.1 Å². The summed E-state index contributed by atoms with van der Waals surface area (Å²) in [5.74, 6) is -2.28. The van der Waals surface area contributed by atoms with Crippen LogP contribution in [0.25, 0.3) is 0 Å². The number of aryl methyl sites for hydroxylation is 1. The zero-order valence-electron chi connectivity index (χ0n) is 13.2. The Bertz CT molecular complexity index is 584. The van der Waals surface area contributed by atoms with Crippen LogP contribution in [0.1, 0.15) is 43.7 Å². The third-order valence-corrected chi connectivity index (χ3v) is 4.43. The second kappa shape index (κ2) is 7.88. The highest BCUT2D eigenvalue weighted by molar-refractivity contribution is 6.44. The standard InChI is InChI=1S/C16H20Cl2O5/c1-9(2)11-8-12(17)10(3)7-13(11)23-6-4-5-16(18,14(19)20)15(21)22/h7-9H,4-6H2,1-3H3,(H,19,20)(H,21,22). The first kappa shape index (κ1) is 19.6. The lowest BCUT2D eigenvalue weighted by atomic mass is 10.0. The van der Waals surface area contributed by atoms with E-state index < -0.39 is 16.8 Å². The van der Waals surface area contributed by atoms with E-state index in [0.29, 0.717) is 10.8 Å². The molecule has 0 aliphatic carbocycles. The van der Waals surface area contributed by atoms with Gasteiger partial charge in [0, 0.05) is 5.02 Å². The predicted molar refractivity (Wildman–Crippen MR) is 88.9 cm³/mol. The average molecular weight is 363 g/mol. The summed E-state index contributed by atoms with van der Waals surface area (Å²) >= 11 is 11.8. The van der Waals surface area contributed by atoms with Crippen LogP contribution in [0.5, 0.6) is 5.75 Å². The minimum Gasteiger partial charge on any atom is -0.493 e. The van der Waals surface area contributed by atoms with Crippen LogP contribution in [-0.4, -0.2) is 33.6 Å². The smallest absolute Gasteiger partial charge is 0.336 e. The van der Waals surface area contributed by atoms with Crippen molar-refractivity contribution >= 4 is 35.1 Å². The van der Waals surface area contributed by atoms with Gasteiger partial charge < -0.3 is 14.9 Å². The van der Waals surface area contributed by atoms with E-state index in [2.05, 4.69) is 0 Å². The molecule has 7 heteroatoms. The van der Waals surface area contributed by atoms with Gasteiger partial charge in [-0.25, -0.2) is 9.59 Å². The van der Waals surface area contributed by atoms with Gasteiger partial charge in [-0.2, -0.15) is 0 Å². The Balaban J connectivity index is 2.75. The molecule has 5 nitrogen and oxygen atoms in total. The molecule has 0 saturated carbocycles. The Morgan fingerprint density at radius 1 is 1.26 bits per heavy atom. The molecule has 0 atom stereocenters. The van der Waals surface area contributed by atoms with Gasteiger partial charge in [0.2, 0.25) is 4.87 Å². The topological polar surface area (TPSA) is 83.8 Å². The minimum absolute atomic E-state index is 0.163. The van der Waals surface area contributed by atoms with Crippen molar-refractivity contribution in [3.8, 4) is 5.75 Å². The van der Waals surface area contributed by atoms with E-state index >= 15 is 0 Å².